The maximum atomic E-state index is 12.5. The molecule has 11 heteroatoms. The van der Waals surface area contributed by atoms with Crippen LogP contribution in [0.25, 0.3) is 0 Å². The van der Waals surface area contributed by atoms with Crippen molar-refractivity contribution in [2.45, 2.75) is 25.4 Å². The highest BCUT2D eigenvalue weighted by molar-refractivity contribution is 6.38. The lowest BCUT2D eigenvalue weighted by atomic mass is 10.0. The Hall–Kier alpha value is -4.28. The normalized spacial score (nSPS) is 12.1. The van der Waals surface area contributed by atoms with Crippen LogP contribution in [0.1, 0.15) is 17.5 Å². The molecule has 2 rings (SSSR count). The van der Waals surface area contributed by atoms with Gasteiger partial charge in [0, 0.05) is 26.8 Å². The van der Waals surface area contributed by atoms with Gasteiger partial charge < -0.3 is 31.5 Å². The molecule has 0 saturated heterocycles. The summed E-state index contributed by atoms with van der Waals surface area (Å²) < 4.78 is 0. The summed E-state index contributed by atoms with van der Waals surface area (Å²) in [4.78, 5) is 37.0. The van der Waals surface area contributed by atoms with Gasteiger partial charge >= 0.3 is 0 Å². The number of nitrogens with zero attached hydrogens (tertiary/aromatic N) is 4. The molecule has 180 valence electrons. The molecule has 2 amide bonds. The van der Waals surface area contributed by atoms with Crippen LogP contribution in [0.3, 0.4) is 0 Å². The van der Waals surface area contributed by atoms with E-state index < -0.39 is 11.9 Å². The number of anilines is 3. The summed E-state index contributed by atoms with van der Waals surface area (Å²) in [6.07, 6.45) is 2.08. The van der Waals surface area contributed by atoms with Gasteiger partial charge in [0.05, 0.1) is 24.0 Å². The predicted molar refractivity (Wildman–Crippen MR) is 133 cm³/mol. The smallest absolute Gasteiger partial charge is 0.293 e. The molecule has 0 spiro atoms. The Morgan fingerprint density at radius 1 is 1.15 bits per heavy atom. The van der Waals surface area contributed by atoms with Crippen LogP contribution in [-0.2, 0) is 27.3 Å². The summed E-state index contributed by atoms with van der Waals surface area (Å²) in [6.45, 7) is 0.264. The molecule has 0 fully saturated rings. The number of nitrogens with two attached hydrogens (primary N) is 1. The van der Waals surface area contributed by atoms with Gasteiger partial charge in [-0.05, 0) is 36.1 Å². The third-order valence-electron chi connectivity index (χ3n) is 4.98. The lowest BCUT2D eigenvalue weighted by molar-refractivity contribution is -0.119. The Labute approximate surface area is 198 Å². The van der Waals surface area contributed by atoms with Crippen molar-refractivity contribution in [1.29, 1.82) is 0 Å². The lowest BCUT2D eigenvalue weighted by Gasteiger charge is -2.22. The molecule has 1 atom stereocenters. The molecule has 0 heterocycles. The number of azo groups is 1. The van der Waals surface area contributed by atoms with Crippen LogP contribution in [0.4, 0.5) is 17.1 Å². The maximum Gasteiger partial charge on any atom is 0.293 e. The first kappa shape index (κ1) is 26.0. The van der Waals surface area contributed by atoms with Gasteiger partial charge in [-0.2, -0.15) is 10.2 Å². The van der Waals surface area contributed by atoms with E-state index in [2.05, 4.69) is 31.3 Å². The molecule has 5 N–H and O–H groups in total. The van der Waals surface area contributed by atoms with E-state index in [9.17, 15) is 14.4 Å². The second-order valence-corrected chi connectivity index (χ2v) is 7.53. The van der Waals surface area contributed by atoms with Crippen molar-refractivity contribution in [2.75, 3.05) is 36.7 Å². The molecular formula is C23H30N8O3. The zero-order valence-electron chi connectivity index (χ0n) is 19.5. The van der Waals surface area contributed by atoms with Crippen LogP contribution >= 0.6 is 0 Å². The van der Waals surface area contributed by atoms with E-state index in [-0.39, 0.29) is 12.4 Å². The van der Waals surface area contributed by atoms with Crippen molar-refractivity contribution in [2.24, 2.45) is 21.2 Å². The van der Waals surface area contributed by atoms with Crippen LogP contribution in [0.5, 0.6) is 0 Å². The quantitative estimate of drug-likeness (QED) is 0.0990. The number of rotatable bonds is 11. The van der Waals surface area contributed by atoms with Crippen molar-refractivity contribution < 1.29 is 14.4 Å². The third kappa shape index (κ3) is 7.40. The van der Waals surface area contributed by atoms with Crippen molar-refractivity contribution >= 4 is 41.5 Å². The second-order valence-electron chi connectivity index (χ2n) is 7.53. The second kappa shape index (κ2) is 13.3. The Morgan fingerprint density at radius 2 is 1.88 bits per heavy atom. The Bertz CT molecular complexity index is 1040. The van der Waals surface area contributed by atoms with Gasteiger partial charge in [0.15, 0.2) is 0 Å². The summed E-state index contributed by atoms with van der Waals surface area (Å²) in [6, 6.07) is 12.3. The fourth-order valence-corrected chi connectivity index (χ4v) is 3.25. The van der Waals surface area contributed by atoms with Gasteiger partial charge in [-0.1, -0.05) is 30.3 Å². The molecule has 0 unspecified atom stereocenters. The minimum atomic E-state index is -0.783. The molecule has 0 aromatic heterocycles. The number of nitrogens with one attached hydrogen (secondary N) is 3. The first-order chi connectivity index (χ1) is 16.4. The summed E-state index contributed by atoms with van der Waals surface area (Å²) in [5.74, 6) is 4.29. The lowest BCUT2D eigenvalue weighted by Crippen LogP contribution is -2.40. The van der Waals surface area contributed by atoms with Crippen LogP contribution < -0.4 is 26.7 Å². The average molecular weight is 467 g/mol. The SMILES string of the molecule is CNc1cc(CC[C@@H](C=O)NC(=O)C(N=NCc2ccccc2)=NN)c(N(C)C)cc1NC=O. The van der Waals surface area contributed by atoms with Crippen molar-refractivity contribution in [3.8, 4) is 0 Å². The average Bonchev–Trinajstić information content (AvgIpc) is 2.85. The van der Waals surface area contributed by atoms with Crippen LogP contribution in [-0.4, -0.2) is 51.6 Å². The summed E-state index contributed by atoms with van der Waals surface area (Å²) >= 11 is 0. The highest BCUT2D eigenvalue weighted by Crippen LogP contribution is 2.31. The van der Waals surface area contributed by atoms with E-state index in [1.54, 1.807) is 7.05 Å². The standard InChI is InChI=1S/C23H30N8O3/c1-25-19-11-17(21(31(2)3)12-20(19)26-15-33)9-10-18(14-32)28-23(34)22(29-24)30-27-13-16-7-5-4-6-8-16/h4-8,11-12,14-15,18,25H,9-10,13,24H2,1-3H3,(H,26,33)(H,28,34)/t18-/m0/s1. The number of aryl methyl sites for hydroxylation is 1. The summed E-state index contributed by atoms with van der Waals surface area (Å²) in [7, 11) is 5.51. The van der Waals surface area contributed by atoms with Gasteiger partial charge in [0.2, 0.25) is 6.41 Å². The van der Waals surface area contributed by atoms with Gasteiger partial charge in [0.1, 0.15) is 6.29 Å². The Kier molecular flexibility index (Phi) is 10.2. The minimum Gasteiger partial charge on any atom is -0.386 e. The number of carbonyl (C=O) groups excluding carboxylic acids is 3. The zero-order chi connectivity index (χ0) is 24.9. The molecule has 2 aromatic carbocycles. The fraction of sp³-hybridized carbons (Fsp3) is 0.304. The molecule has 34 heavy (non-hydrogen) atoms. The monoisotopic (exact) mass is 466 g/mol. The molecule has 0 bridgehead atoms. The largest absolute Gasteiger partial charge is 0.386 e. The van der Waals surface area contributed by atoms with E-state index in [1.807, 2.05) is 61.5 Å². The van der Waals surface area contributed by atoms with E-state index >= 15 is 0 Å². The Morgan fingerprint density at radius 3 is 2.47 bits per heavy atom. The highest BCUT2D eigenvalue weighted by Gasteiger charge is 2.18. The van der Waals surface area contributed by atoms with Gasteiger partial charge in [-0.15, -0.1) is 5.11 Å². The minimum absolute atomic E-state index is 0.264. The molecule has 2 aromatic rings. The van der Waals surface area contributed by atoms with Crippen molar-refractivity contribution in [3.63, 3.8) is 0 Å². The molecular weight excluding hydrogens is 436 g/mol. The number of carbonyl (C=O) groups is 3. The van der Waals surface area contributed by atoms with E-state index in [0.29, 0.717) is 31.2 Å². The van der Waals surface area contributed by atoms with Crippen LogP contribution in [0.2, 0.25) is 0 Å². The molecule has 0 radical (unpaired) electrons. The number of aldehydes is 1. The van der Waals surface area contributed by atoms with Crippen LogP contribution in [0, 0.1) is 0 Å². The first-order valence-corrected chi connectivity index (χ1v) is 10.6. The maximum absolute atomic E-state index is 12.5. The molecule has 0 aliphatic heterocycles. The van der Waals surface area contributed by atoms with E-state index in [0.717, 1.165) is 22.5 Å². The third-order valence-corrected chi connectivity index (χ3v) is 4.98. The predicted octanol–water partition coefficient (Wildman–Crippen LogP) is 1.90. The molecule has 11 nitrogen and oxygen atoms in total. The van der Waals surface area contributed by atoms with E-state index in [4.69, 9.17) is 5.84 Å². The number of benzene rings is 2. The number of amidine groups is 1. The molecule has 0 aliphatic rings. The van der Waals surface area contributed by atoms with Gasteiger partial charge in [0.25, 0.3) is 11.7 Å². The molecule has 0 saturated carbocycles. The topological polar surface area (TPSA) is 154 Å². The van der Waals surface area contributed by atoms with Gasteiger partial charge in [-0.25, -0.2) is 0 Å². The summed E-state index contributed by atoms with van der Waals surface area (Å²) in [5, 5.41) is 19.4. The highest BCUT2D eigenvalue weighted by atomic mass is 16.2. The fourth-order valence-electron chi connectivity index (χ4n) is 3.25. The zero-order valence-corrected chi connectivity index (χ0v) is 19.5. The number of hydrogen-bond donors (Lipinski definition) is 4. The Balaban J connectivity index is 2.06. The van der Waals surface area contributed by atoms with Gasteiger partial charge in [-0.3, -0.25) is 9.59 Å². The molecule has 0 aliphatic carbocycles. The van der Waals surface area contributed by atoms with Crippen molar-refractivity contribution in [3.05, 3.63) is 53.6 Å². The number of amides is 2. The van der Waals surface area contributed by atoms with Crippen molar-refractivity contribution in [1.82, 2.24) is 5.32 Å². The summed E-state index contributed by atoms with van der Waals surface area (Å²) in [5.41, 5.74) is 4.09. The first-order valence-electron chi connectivity index (χ1n) is 10.6. The van der Waals surface area contributed by atoms with E-state index in [1.165, 1.54) is 0 Å². The number of hydrazone groups is 1. The number of hydrogen-bond acceptors (Lipinski definition) is 8. The van der Waals surface area contributed by atoms with Crippen LogP contribution in [0.15, 0.2) is 57.8 Å².